The van der Waals surface area contributed by atoms with Crippen LogP contribution in [0.1, 0.15) is 18.5 Å². The first-order chi connectivity index (χ1) is 11.6. The average molecular weight is 328 g/mol. The Kier molecular flexibility index (Phi) is 4.42. The van der Waals surface area contributed by atoms with Gasteiger partial charge in [-0.15, -0.1) is 0 Å². The fraction of sp³-hybridized carbons (Fsp3) is 0.375. The molecule has 1 fully saturated rings. The Morgan fingerprint density at radius 3 is 2.67 bits per heavy atom. The van der Waals surface area contributed by atoms with Crippen LogP contribution < -0.4 is 4.90 Å². The van der Waals surface area contributed by atoms with Gasteiger partial charge in [0.1, 0.15) is 24.5 Å². The zero-order valence-corrected chi connectivity index (χ0v) is 13.3. The number of nitriles is 1. The maximum absolute atomic E-state index is 14.1. The number of carbonyl (C=O) groups excluding carboxylic acids is 1. The highest BCUT2D eigenvalue weighted by Gasteiger charge is 2.27. The van der Waals surface area contributed by atoms with Crippen molar-refractivity contribution in [2.75, 3.05) is 31.1 Å². The molecule has 0 spiro atoms. The molecular weight excluding hydrogens is 311 g/mol. The van der Waals surface area contributed by atoms with Crippen molar-refractivity contribution in [3.8, 4) is 6.07 Å². The first-order valence-electron chi connectivity index (χ1n) is 7.67. The van der Waals surface area contributed by atoms with Gasteiger partial charge in [0.05, 0.1) is 17.3 Å². The predicted molar refractivity (Wildman–Crippen MR) is 84.6 cm³/mol. The van der Waals surface area contributed by atoms with Crippen LogP contribution in [-0.4, -0.2) is 51.8 Å². The highest BCUT2D eigenvalue weighted by molar-refractivity contribution is 5.80. The van der Waals surface area contributed by atoms with Crippen molar-refractivity contribution < 1.29 is 9.18 Å². The minimum Gasteiger partial charge on any atom is -0.366 e. The van der Waals surface area contributed by atoms with Gasteiger partial charge < -0.3 is 9.80 Å². The molecule has 0 N–H and O–H groups in total. The molecule has 2 heterocycles. The largest absolute Gasteiger partial charge is 0.366 e. The van der Waals surface area contributed by atoms with Crippen LogP contribution in [0.15, 0.2) is 30.9 Å². The lowest BCUT2D eigenvalue weighted by molar-refractivity contribution is -0.134. The van der Waals surface area contributed by atoms with Crippen LogP contribution in [-0.2, 0) is 4.79 Å². The number of amides is 1. The zero-order valence-electron chi connectivity index (χ0n) is 13.3. The van der Waals surface area contributed by atoms with E-state index < -0.39 is 11.9 Å². The van der Waals surface area contributed by atoms with Crippen molar-refractivity contribution in [3.05, 3.63) is 42.2 Å². The number of hydrogen-bond acceptors (Lipinski definition) is 5. The second-order valence-electron chi connectivity index (χ2n) is 5.64. The van der Waals surface area contributed by atoms with Crippen molar-refractivity contribution >= 4 is 11.6 Å². The van der Waals surface area contributed by atoms with Crippen LogP contribution in [0.25, 0.3) is 0 Å². The third-order valence-electron chi connectivity index (χ3n) is 4.20. The van der Waals surface area contributed by atoms with Gasteiger partial charge in [0.25, 0.3) is 0 Å². The summed E-state index contributed by atoms with van der Waals surface area (Å²) in [5.74, 6) is -0.440. The summed E-state index contributed by atoms with van der Waals surface area (Å²) < 4.78 is 15.6. The van der Waals surface area contributed by atoms with Crippen LogP contribution in [0.5, 0.6) is 0 Å². The van der Waals surface area contributed by atoms with Crippen LogP contribution in [0, 0.1) is 17.1 Å². The second-order valence-corrected chi connectivity index (χ2v) is 5.64. The maximum Gasteiger partial charge on any atom is 0.247 e. The molecule has 0 saturated carbocycles. The molecule has 0 bridgehead atoms. The lowest BCUT2D eigenvalue weighted by Crippen LogP contribution is -2.50. The molecule has 24 heavy (non-hydrogen) atoms. The average Bonchev–Trinajstić information content (AvgIpc) is 3.15. The summed E-state index contributed by atoms with van der Waals surface area (Å²) in [6.45, 7) is 3.88. The monoisotopic (exact) mass is 328 g/mol. The fourth-order valence-electron chi connectivity index (χ4n) is 2.80. The molecule has 1 atom stereocenters. The number of anilines is 1. The van der Waals surface area contributed by atoms with Crippen LogP contribution >= 0.6 is 0 Å². The number of hydrogen-bond donors (Lipinski definition) is 0. The minimum absolute atomic E-state index is 0.0274. The molecule has 3 rings (SSSR count). The molecule has 7 nitrogen and oxygen atoms in total. The van der Waals surface area contributed by atoms with Crippen molar-refractivity contribution in [2.45, 2.75) is 13.0 Å². The highest BCUT2D eigenvalue weighted by atomic mass is 19.1. The highest BCUT2D eigenvalue weighted by Crippen LogP contribution is 2.22. The molecule has 124 valence electrons. The fourth-order valence-corrected chi connectivity index (χ4v) is 2.80. The van der Waals surface area contributed by atoms with E-state index in [1.165, 1.54) is 23.4 Å². The molecule has 0 radical (unpaired) electrons. The summed E-state index contributed by atoms with van der Waals surface area (Å²) in [5, 5.41) is 12.8. The van der Waals surface area contributed by atoms with Gasteiger partial charge in [-0.1, -0.05) is 0 Å². The summed E-state index contributed by atoms with van der Waals surface area (Å²) in [7, 11) is 0. The molecule has 1 aromatic heterocycles. The summed E-state index contributed by atoms with van der Waals surface area (Å²) in [6, 6.07) is 5.96. The number of piperazine rings is 1. The summed E-state index contributed by atoms with van der Waals surface area (Å²) in [4.78, 5) is 20.0. The predicted octanol–water partition coefficient (Wildman–Crippen LogP) is 1.20. The molecular formula is C16H17FN6O. The molecule has 1 amide bonds. The van der Waals surface area contributed by atoms with Gasteiger partial charge in [-0.2, -0.15) is 10.4 Å². The molecule has 1 aliphatic heterocycles. The van der Waals surface area contributed by atoms with Gasteiger partial charge >= 0.3 is 0 Å². The lowest BCUT2D eigenvalue weighted by atomic mass is 10.1. The number of benzene rings is 1. The van der Waals surface area contributed by atoms with E-state index >= 15 is 0 Å². The number of aromatic nitrogens is 3. The quantitative estimate of drug-likeness (QED) is 0.846. The van der Waals surface area contributed by atoms with Crippen molar-refractivity contribution in [3.63, 3.8) is 0 Å². The van der Waals surface area contributed by atoms with Gasteiger partial charge in [-0.25, -0.2) is 14.1 Å². The van der Waals surface area contributed by atoms with Crippen molar-refractivity contribution in [2.24, 2.45) is 0 Å². The number of carbonyl (C=O) groups is 1. The van der Waals surface area contributed by atoms with Crippen LogP contribution in [0.2, 0.25) is 0 Å². The van der Waals surface area contributed by atoms with E-state index in [9.17, 15) is 9.18 Å². The van der Waals surface area contributed by atoms with Gasteiger partial charge in [0.15, 0.2) is 0 Å². The first-order valence-corrected chi connectivity index (χ1v) is 7.67. The molecule has 1 aliphatic rings. The first kappa shape index (κ1) is 15.9. The molecule has 1 saturated heterocycles. The van der Waals surface area contributed by atoms with E-state index in [-0.39, 0.29) is 5.91 Å². The minimum atomic E-state index is -0.412. The van der Waals surface area contributed by atoms with Gasteiger partial charge in [-0.05, 0) is 25.1 Å². The van der Waals surface area contributed by atoms with Gasteiger partial charge in [-0.3, -0.25) is 4.79 Å². The lowest BCUT2D eigenvalue weighted by Gasteiger charge is -2.37. The second kappa shape index (κ2) is 6.66. The van der Waals surface area contributed by atoms with E-state index in [0.29, 0.717) is 37.4 Å². The van der Waals surface area contributed by atoms with Crippen LogP contribution in [0.3, 0.4) is 0 Å². The zero-order chi connectivity index (χ0) is 17.1. The SMILES string of the molecule is CC(C(=O)N1CCN(c2ccc(C#N)cc2F)CC1)n1cncn1. The van der Waals surface area contributed by atoms with E-state index in [4.69, 9.17) is 5.26 Å². The Morgan fingerprint density at radius 1 is 1.33 bits per heavy atom. The normalized spacial score (nSPS) is 15.9. The topological polar surface area (TPSA) is 78.0 Å². The number of rotatable bonds is 3. The summed E-state index contributed by atoms with van der Waals surface area (Å²) >= 11 is 0. The molecule has 1 unspecified atom stereocenters. The number of nitrogens with zero attached hydrogens (tertiary/aromatic N) is 6. The Bertz CT molecular complexity index is 761. The molecule has 1 aromatic carbocycles. The number of halogens is 1. The Hall–Kier alpha value is -2.95. The van der Waals surface area contributed by atoms with E-state index in [2.05, 4.69) is 10.1 Å². The Balaban J connectivity index is 1.64. The van der Waals surface area contributed by atoms with E-state index in [1.54, 1.807) is 24.0 Å². The molecule has 2 aromatic rings. The molecule has 0 aliphatic carbocycles. The maximum atomic E-state index is 14.1. The van der Waals surface area contributed by atoms with Crippen molar-refractivity contribution in [1.82, 2.24) is 19.7 Å². The smallest absolute Gasteiger partial charge is 0.247 e. The van der Waals surface area contributed by atoms with Gasteiger partial charge in [0.2, 0.25) is 5.91 Å². The standard InChI is InChI=1S/C16H17FN6O/c1-12(23-11-19-10-20-23)16(24)22-6-4-21(5-7-22)15-3-2-13(9-18)8-14(15)17/h2-3,8,10-12H,4-7H2,1H3. The summed E-state index contributed by atoms with van der Waals surface area (Å²) in [6.07, 6.45) is 2.92. The van der Waals surface area contributed by atoms with Gasteiger partial charge in [0, 0.05) is 26.2 Å². The third-order valence-corrected chi connectivity index (χ3v) is 4.20. The van der Waals surface area contributed by atoms with E-state index in [0.717, 1.165) is 0 Å². The van der Waals surface area contributed by atoms with Crippen LogP contribution in [0.4, 0.5) is 10.1 Å². The third kappa shape index (κ3) is 3.06. The summed E-state index contributed by atoms with van der Waals surface area (Å²) in [5.41, 5.74) is 0.761. The van der Waals surface area contributed by atoms with E-state index in [1.807, 2.05) is 11.0 Å². The molecule has 8 heteroatoms. The Labute approximate surface area is 138 Å². The van der Waals surface area contributed by atoms with Crippen molar-refractivity contribution in [1.29, 1.82) is 5.26 Å². The Morgan fingerprint density at radius 2 is 2.08 bits per heavy atom.